The highest BCUT2D eigenvalue weighted by Crippen LogP contribution is 2.39. The second-order valence-electron chi connectivity index (χ2n) is 6.41. The van der Waals surface area contributed by atoms with Crippen molar-refractivity contribution in [1.82, 2.24) is 0 Å². The number of fused-ring (bicyclic) bond motifs is 1. The average molecular weight is 247 g/mol. The van der Waals surface area contributed by atoms with Crippen molar-refractivity contribution >= 4 is 11.6 Å². The fraction of sp³-hybridized carbons (Fsp3) is 0.533. The summed E-state index contributed by atoms with van der Waals surface area (Å²) >= 11 is 0. The third-order valence-electron chi connectivity index (χ3n) is 3.37. The van der Waals surface area contributed by atoms with Gasteiger partial charge in [0.1, 0.15) is 5.75 Å². The molecule has 18 heavy (non-hydrogen) atoms. The second kappa shape index (κ2) is 3.74. The van der Waals surface area contributed by atoms with Crippen molar-refractivity contribution < 1.29 is 9.53 Å². The maximum atomic E-state index is 12.1. The molecule has 0 aromatic heterocycles. The predicted molar refractivity (Wildman–Crippen MR) is 73.3 cm³/mol. The molecule has 0 atom stereocenters. The van der Waals surface area contributed by atoms with Gasteiger partial charge in [-0.1, -0.05) is 26.8 Å². The summed E-state index contributed by atoms with van der Waals surface area (Å²) in [5.74, 6) is 0.771. The summed E-state index contributed by atoms with van der Waals surface area (Å²) in [6, 6.07) is 6.06. The minimum Gasteiger partial charge on any atom is -0.476 e. The zero-order valence-electron chi connectivity index (χ0n) is 12.0. The molecule has 0 spiro atoms. The van der Waals surface area contributed by atoms with Crippen molar-refractivity contribution in [3.8, 4) is 5.75 Å². The summed E-state index contributed by atoms with van der Waals surface area (Å²) in [4.78, 5) is 13.8. The third kappa shape index (κ3) is 1.98. The van der Waals surface area contributed by atoms with E-state index in [0.717, 1.165) is 11.4 Å². The molecule has 0 fully saturated rings. The van der Waals surface area contributed by atoms with Crippen molar-refractivity contribution in [2.75, 3.05) is 11.9 Å². The number of hydrogen-bond donors (Lipinski definition) is 0. The van der Waals surface area contributed by atoms with Gasteiger partial charge >= 0.3 is 0 Å². The van der Waals surface area contributed by atoms with Crippen LogP contribution in [0.5, 0.6) is 5.75 Å². The number of amides is 1. The van der Waals surface area contributed by atoms with Crippen LogP contribution in [-0.2, 0) is 10.2 Å². The van der Waals surface area contributed by atoms with Crippen LogP contribution in [-0.4, -0.2) is 18.6 Å². The Morgan fingerprint density at radius 3 is 2.39 bits per heavy atom. The third-order valence-corrected chi connectivity index (χ3v) is 3.37. The van der Waals surface area contributed by atoms with Crippen molar-refractivity contribution in [1.29, 1.82) is 0 Å². The van der Waals surface area contributed by atoms with E-state index in [1.807, 2.05) is 12.1 Å². The van der Waals surface area contributed by atoms with Gasteiger partial charge in [0, 0.05) is 7.05 Å². The molecular weight excluding hydrogens is 226 g/mol. The number of hydrogen-bond acceptors (Lipinski definition) is 2. The Hall–Kier alpha value is -1.51. The number of nitrogens with zero attached hydrogens (tertiary/aromatic N) is 1. The molecule has 1 aliphatic rings. The molecule has 1 aliphatic heterocycles. The van der Waals surface area contributed by atoms with Crippen LogP contribution in [0, 0.1) is 0 Å². The highest BCUT2D eigenvalue weighted by molar-refractivity contribution is 6.01. The highest BCUT2D eigenvalue weighted by Gasteiger charge is 2.39. The van der Waals surface area contributed by atoms with Gasteiger partial charge in [0.15, 0.2) is 5.60 Å². The van der Waals surface area contributed by atoms with Crippen LogP contribution in [0.1, 0.15) is 40.2 Å². The SMILES string of the molecule is CN1C(=O)C(C)(C)Oc2cc(C(C)(C)C)ccc21. The van der Waals surface area contributed by atoms with Crippen molar-refractivity contribution in [3.05, 3.63) is 23.8 Å². The molecule has 0 saturated heterocycles. The number of carbonyl (C=O) groups excluding carboxylic acids is 1. The summed E-state index contributed by atoms with van der Waals surface area (Å²) in [6.07, 6.45) is 0. The van der Waals surface area contributed by atoms with Gasteiger partial charge in [-0.05, 0) is 37.0 Å². The second-order valence-corrected chi connectivity index (χ2v) is 6.41. The Kier molecular flexibility index (Phi) is 2.69. The molecule has 3 nitrogen and oxygen atoms in total. The lowest BCUT2D eigenvalue weighted by Crippen LogP contribution is -2.50. The van der Waals surface area contributed by atoms with E-state index in [4.69, 9.17) is 4.74 Å². The van der Waals surface area contributed by atoms with E-state index in [2.05, 4.69) is 26.8 Å². The van der Waals surface area contributed by atoms with Gasteiger partial charge < -0.3 is 9.64 Å². The van der Waals surface area contributed by atoms with Crippen LogP contribution in [0.25, 0.3) is 0 Å². The molecule has 1 heterocycles. The van der Waals surface area contributed by atoms with E-state index in [0.29, 0.717) is 0 Å². The minimum atomic E-state index is -0.793. The molecule has 0 aliphatic carbocycles. The summed E-state index contributed by atoms with van der Waals surface area (Å²) in [7, 11) is 1.79. The van der Waals surface area contributed by atoms with Gasteiger partial charge in [0.2, 0.25) is 0 Å². The van der Waals surface area contributed by atoms with Gasteiger partial charge in [-0.25, -0.2) is 0 Å². The summed E-state index contributed by atoms with van der Waals surface area (Å²) in [6.45, 7) is 10.1. The normalized spacial score (nSPS) is 18.3. The lowest BCUT2D eigenvalue weighted by atomic mass is 9.86. The van der Waals surface area contributed by atoms with E-state index < -0.39 is 5.60 Å². The molecule has 0 N–H and O–H groups in total. The molecule has 0 unspecified atom stereocenters. The minimum absolute atomic E-state index is 0.0153. The van der Waals surface area contributed by atoms with Gasteiger partial charge in [-0.15, -0.1) is 0 Å². The predicted octanol–water partition coefficient (Wildman–Crippen LogP) is 3.12. The zero-order chi connectivity index (χ0) is 13.7. The molecule has 1 amide bonds. The Labute approximate surface area is 109 Å². The van der Waals surface area contributed by atoms with Crippen LogP contribution in [0.15, 0.2) is 18.2 Å². The average Bonchev–Trinajstić information content (AvgIpc) is 2.23. The van der Waals surface area contributed by atoms with E-state index in [1.54, 1.807) is 25.8 Å². The smallest absolute Gasteiger partial charge is 0.270 e. The first-order valence-electron chi connectivity index (χ1n) is 6.24. The Bertz CT molecular complexity index is 498. The molecule has 0 radical (unpaired) electrons. The zero-order valence-corrected chi connectivity index (χ0v) is 12.0. The van der Waals surface area contributed by atoms with Gasteiger partial charge in [0.25, 0.3) is 5.91 Å². The van der Waals surface area contributed by atoms with Gasteiger partial charge in [0.05, 0.1) is 5.69 Å². The number of rotatable bonds is 0. The van der Waals surface area contributed by atoms with Crippen LogP contribution in [0.2, 0.25) is 0 Å². The van der Waals surface area contributed by atoms with Gasteiger partial charge in [-0.2, -0.15) is 0 Å². The largest absolute Gasteiger partial charge is 0.476 e. The van der Waals surface area contributed by atoms with Crippen molar-refractivity contribution in [3.63, 3.8) is 0 Å². The fourth-order valence-corrected chi connectivity index (χ4v) is 2.17. The Balaban J connectivity index is 2.53. The molecule has 0 bridgehead atoms. The number of benzene rings is 1. The van der Waals surface area contributed by atoms with Crippen LogP contribution in [0.4, 0.5) is 5.69 Å². The number of carbonyl (C=O) groups is 1. The van der Waals surface area contributed by atoms with Gasteiger partial charge in [-0.3, -0.25) is 4.79 Å². The lowest BCUT2D eigenvalue weighted by Gasteiger charge is -2.37. The van der Waals surface area contributed by atoms with E-state index in [-0.39, 0.29) is 11.3 Å². The molecular formula is C15H21NO2. The first-order chi connectivity index (χ1) is 8.13. The molecule has 98 valence electrons. The summed E-state index contributed by atoms with van der Waals surface area (Å²) in [5.41, 5.74) is 1.33. The molecule has 3 heteroatoms. The molecule has 1 aromatic rings. The Morgan fingerprint density at radius 2 is 1.83 bits per heavy atom. The molecule has 2 rings (SSSR count). The first kappa shape index (κ1) is 12.9. The maximum Gasteiger partial charge on any atom is 0.270 e. The summed E-state index contributed by atoms with van der Waals surface area (Å²) < 4.78 is 5.85. The number of anilines is 1. The lowest BCUT2D eigenvalue weighted by molar-refractivity contribution is -0.132. The van der Waals surface area contributed by atoms with E-state index in [1.165, 1.54) is 5.56 Å². The standard InChI is InChI=1S/C15H21NO2/c1-14(2,3)10-7-8-11-12(9-10)18-15(4,5)13(17)16(11)6/h7-9H,1-6H3. The monoisotopic (exact) mass is 247 g/mol. The first-order valence-corrected chi connectivity index (χ1v) is 6.24. The number of ether oxygens (including phenoxy) is 1. The highest BCUT2D eigenvalue weighted by atomic mass is 16.5. The van der Waals surface area contributed by atoms with Crippen LogP contribution >= 0.6 is 0 Å². The van der Waals surface area contributed by atoms with E-state index in [9.17, 15) is 4.79 Å². The summed E-state index contributed by atoms with van der Waals surface area (Å²) in [5, 5.41) is 0. The van der Waals surface area contributed by atoms with Crippen LogP contribution < -0.4 is 9.64 Å². The van der Waals surface area contributed by atoms with Crippen molar-refractivity contribution in [2.24, 2.45) is 0 Å². The Morgan fingerprint density at radius 1 is 1.22 bits per heavy atom. The van der Waals surface area contributed by atoms with Crippen LogP contribution in [0.3, 0.4) is 0 Å². The maximum absolute atomic E-state index is 12.1. The topological polar surface area (TPSA) is 29.5 Å². The van der Waals surface area contributed by atoms with Crippen molar-refractivity contribution in [2.45, 2.75) is 45.6 Å². The molecule has 0 saturated carbocycles. The quantitative estimate of drug-likeness (QED) is 0.705. The fourth-order valence-electron chi connectivity index (χ4n) is 2.17. The molecule has 1 aromatic carbocycles. The number of likely N-dealkylation sites (N-methyl/N-ethyl adjacent to an activating group) is 1. The van der Waals surface area contributed by atoms with E-state index >= 15 is 0 Å².